The maximum Gasteiger partial charge on any atom is 0.333 e. The zero-order valence-corrected chi connectivity index (χ0v) is 27.5. The van der Waals surface area contributed by atoms with Gasteiger partial charge in [-0.15, -0.1) is 10.1 Å². The summed E-state index contributed by atoms with van der Waals surface area (Å²) in [6.45, 7) is 11.5. The van der Waals surface area contributed by atoms with E-state index in [1.807, 2.05) is 27.7 Å². The summed E-state index contributed by atoms with van der Waals surface area (Å²) in [5, 5.41) is 0.943. The van der Waals surface area contributed by atoms with Gasteiger partial charge in [-0.05, 0) is 18.3 Å². The van der Waals surface area contributed by atoms with Crippen LogP contribution < -0.4 is 0 Å². The highest BCUT2D eigenvalue weighted by Crippen LogP contribution is 2.25. The van der Waals surface area contributed by atoms with Crippen molar-refractivity contribution >= 4 is 47.5 Å². The second-order valence-electron chi connectivity index (χ2n) is 13.3. The summed E-state index contributed by atoms with van der Waals surface area (Å²) in [5.74, 6) is -5.78. The third kappa shape index (κ3) is 12.9. The van der Waals surface area contributed by atoms with Gasteiger partial charge in [-0.25, -0.2) is 9.59 Å². The van der Waals surface area contributed by atoms with Crippen LogP contribution in [0.15, 0.2) is 0 Å². The molecule has 0 N–H and O–H groups in total. The summed E-state index contributed by atoms with van der Waals surface area (Å²) in [6.07, 6.45) is 0.147. The van der Waals surface area contributed by atoms with E-state index in [9.17, 15) is 38.4 Å². The molecule has 3 atom stereocenters. The quantitative estimate of drug-likeness (QED) is 0.146. The number of nitrogens with zero attached hydrogens (tertiary/aromatic N) is 2. The highest BCUT2D eigenvalue weighted by molar-refractivity contribution is 6.02. The lowest BCUT2D eigenvalue weighted by atomic mass is 9.89. The van der Waals surface area contributed by atoms with Crippen molar-refractivity contribution in [3.63, 3.8) is 0 Å². The minimum Gasteiger partial charge on any atom is -0.465 e. The van der Waals surface area contributed by atoms with Crippen molar-refractivity contribution in [2.24, 2.45) is 22.7 Å². The van der Waals surface area contributed by atoms with Crippen molar-refractivity contribution in [3.05, 3.63) is 0 Å². The first-order valence-electron chi connectivity index (χ1n) is 15.5. The number of imide groups is 2. The van der Waals surface area contributed by atoms with Crippen LogP contribution >= 0.6 is 0 Å². The molecule has 0 bridgehead atoms. The third-order valence-corrected chi connectivity index (χ3v) is 7.46. The van der Waals surface area contributed by atoms with Gasteiger partial charge in [0.25, 0.3) is 23.6 Å². The molecule has 0 spiro atoms. The lowest BCUT2D eigenvalue weighted by molar-refractivity contribution is -0.198. The van der Waals surface area contributed by atoms with E-state index in [1.54, 1.807) is 13.8 Å². The molecule has 0 aromatic heterocycles. The average Bonchev–Trinajstić information content (AvgIpc) is 3.45. The SMILES string of the molecule is CCC(C)(COCC(C)(C)COC(=O)CC(C)CC(=O)ON1C(=O)CCC1=O)COC(=O)CC(C)CC(=O)ON1C(=O)CCC1=O. The van der Waals surface area contributed by atoms with Gasteiger partial charge in [0.2, 0.25) is 0 Å². The van der Waals surface area contributed by atoms with Crippen LogP contribution in [0, 0.1) is 22.7 Å². The molecule has 2 fully saturated rings. The predicted molar refractivity (Wildman–Crippen MR) is 156 cm³/mol. The maximum atomic E-state index is 12.4. The van der Waals surface area contributed by atoms with Crippen LogP contribution in [0.3, 0.4) is 0 Å². The van der Waals surface area contributed by atoms with E-state index in [4.69, 9.17) is 23.9 Å². The van der Waals surface area contributed by atoms with Crippen LogP contribution in [0.25, 0.3) is 0 Å². The maximum absolute atomic E-state index is 12.4. The molecule has 3 unspecified atom stereocenters. The highest BCUT2D eigenvalue weighted by atomic mass is 16.7. The van der Waals surface area contributed by atoms with Crippen molar-refractivity contribution in [2.75, 3.05) is 26.4 Å². The average molecular weight is 655 g/mol. The van der Waals surface area contributed by atoms with Crippen LogP contribution in [0.2, 0.25) is 0 Å². The van der Waals surface area contributed by atoms with E-state index >= 15 is 0 Å². The summed E-state index contributed by atoms with van der Waals surface area (Å²) in [5.41, 5.74) is -1.05. The normalized spacial score (nSPS) is 17.9. The number of ether oxygens (including phenoxy) is 3. The van der Waals surface area contributed by atoms with E-state index < -0.39 is 70.2 Å². The fourth-order valence-electron chi connectivity index (χ4n) is 4.39. The molecule has 0 aliphatic carbocycles. The monoisotopic (exact) mass is 654 g/mol. The Kier molecular flexibility index (Phi) is 14.3. The number of carbonyl (C=O) groups excluding carboxylic acids is 8. The second-order valence-corrected chi connectivity index (χ2v) is 13.3. The molecule has 46 heavy (non-hydrogen) atoms. The van der Waals surface area contributed by atoms with Crippen LogP contribution in [-0.2, 0) is 62.2 Å². The fraction of sp³-hybridized carbons (Fsp3) is 0.742. The van der Waals surface area contributed by atoms with Gasteiger partial charge >= 0.3 is 23.9 Å². The van der Waals surface area contributed by atoms with Gasteiger partial charge in [0, 0.05) is 49.4 Å². The van der Waals surface area contributed by atoms with Crippen LogP contribution in [-0.4, -0.2) is 84.1 Å². The van der Waals surface area contributed by atoms with Crippen molar-refractivity contribution in [1.82, 2.24) is 10.1 Å². The second kappa shape index (κ2) is 17.2. The lowest BCUT2D eigenvalue weighted by Gasteiger charge is -2.30. The van der Waals surface area contributed by atoms with Gasteiger partial charge in [0.1, 0.15) is 0 Å². The van der Waals surface area contributed by atoms with E-state index in [2.05, 4.69) is 0 Å². The fourth-order valence-corrected chi connectivity index (χ4v) is 4.39. The summed E-state index contributed by atoms with van der Waals surface area (Å²) in [6, 6.07) is 0. The molecular weight excluding hydrogens is 608 g/mol. The topological polar surface area (TPSA) is 189 Å². The predicted octanol–water partition coefficient (Wildman–Crippen LogP) is 2.58. The number of hydroxylamine groups is 4. The largest absolute Gasteiger partial charge is 0.465 e. The summed E-state index contributed by atoms with van der Waals surface area (Å²) in [4.78, 5) is 105. The van der Waals surface area contributed by atoms with E-state index in [0.717, 1.165) is 0 Å². The van der Waals surface area contributed by atoms with Gasteiger partial charge in [-0.2, -0.15) is 0 Å². The molecular formula is C31H46N2O13. The molecule has 4 amide bonds. The zero-order chi connectivity index (χ0) is 34.7. The van der Waals surface area contributed by atoms with Crippen LogP contribution in [0.4, 0.5) is 0 Å². The Morgan fingerprint density at radius 3 is 1.37 bits per heavy atom. The molecule has 2 rings (SSSR count). The Morgan fingerprint density at radius 2 is 0.978 bits per heavy atom. The van der Waals surface area contributed by atoms with Crippen molar-refractivity contribution in [2.45, 2.75) is 99.3 Å². The Morgan fingerprint density at radius 1 is 0.609 bits per heavy atom. The van der Waals surface area contributed by atoms with E-state index in [1.165, 1.54) is 0 Å². The molecule has 0 radical (unpaired) electrons. The molecule has 0 saturated carbocycles. The number of hydrogen-bond acceptors (Lipinski definition) is 13. The van der Waals surface area contributed by atoms with E-state index in [-0.39, 0.29) is 77.8 Å². The third-order valence-electron chi connectivity index (χ3n) is 7.46. The van der Waals surface area contributed by atoms with Crippen molar-refractivity contribution in [3.8, 4) is 0 Å². The molecule has 15 nitrogen and oxygen atoms in total. The summed E-state index contributed by atoms with van der Waals surface area (Å²) < 4.78 is 16.8. The smallest absolute Gasteiger partial charge is 0.333 e. The van der Waals surface area contributed by atoms with E-state index in [0.29, 0.717) is 16.5 Å². The molecule has 2 aliphatic heterocycles. The molecule has 2 aliphatic rings. The number of esters is 2. The van der Waals surface area contributed by atoms with Crippen LogP contribution in [0.5, 0.6) is 0 Å². The Hall–Kier alpha value is -3.88. The molecule has 2 heterocycles. The van der Waals surface area contributed by atoms with Gasteiger partial charge < -0.3 is 23.9 Å². The first-order valence-corrected chi connectivity index (χ1v) is 15.5. The van der Waals surface area contributed by atoms with Crippen molar-refractivity contribution < 1.29 is 62.2 Å². The number of rotatable bonds is 19. The Labute approximate surface area is 268 Å². The number of hydrogen-bond donors (Lipinski definition) is 0. The molecule has 0 aromatic rings. The standard InChI is InChI=1S/C31H46N2O13/c1-7-31(6,19-44-27(39)13-21(3)15-29(41)46-33-24(36)10-11-25(33)37)18-42-16-30(4,5)17-43-26(38)12-20(2)14-28(40)45-32-22(34)8-9-23(32)35/h20-21H,7-19H2,1-6H3. The van der Waals surface area contributed by atoms with Gasteiger partial charge in [-0.3, -0.25) is 28.8 Å². The molecule has 2 saturated heterocycles. The molecule has 0 aromatic carbocycles. The summed E-state index contributed by atoms with van der Waals surface area (Å²) >= 11 is 0. The first-order chi connectivity index (χ1) is 21.4. The van der Waals surface area contributed by atoms with Gasteiger partial charge in [0.05, 0.1) is 39.3 Å². The van der Waals surface area contributed by atoms with Gasteiger partial charge in [0.15, 0.2) is 0 Å². The molecule has 258 valence electrons. The number of amides is 4. The van der Waals surface area contributed by atoms with Crippen LogP contribution in [0.1, 0.15) is 99.3 Å². The lowest BCUT2D eigenvalue weighted by Crippen LogP contribution is -2.34. The minimum absolute atomic E-state index is 0.00373. The zero-order valence-electron chi connectivity index (χ0n) is 27.5. The highest BCUT2D eigenvalue weighted by Gasteiger charge is 2.35. The Bertz CT molecular complexity index is 1150. The molecule has 15 heteroatoms. The number of carbonyl (C=O) groups is 8. The van der Waals surface area contributed by atoms with Gasteiger partial charge in [-0.1, -0.05) is 41.5 Å². The first kappa shape index (κ1) is 38.3. The van der Waals surface area contributed by atoms with Crippen molar-refractivity contribution in [1.29, 1.82) is 0 Å². The summed E-state index contributed by atoms with van der Waals surface area (Å²) in [7, 11) is 0. The Balaban J connectivity index is 1.66. The minimum atomic E-state index is -0.785.